The van der Waals surface area contributed by atoms with Gasteiger partial charge in [0, 0.05) is 5.41 Å². The SMILES string of the molecule is CC1(C)c2ccccc2-c2c1cc(-c1cc(-c3c4ccccc4c(-c4cccc5ccccc45)c4ccccc34)c3ccccc3c1)c1ccccc21. The molecule has 0 saturated heterocycles. The molecule has 0 heteroatoms. The molecule has 0 fully saturated rings. The van der Waals surface area contributed by atoms with Crippen molar-refractivity contribution in [1.82, 2.24) is 0 Å². The maximum atomic E-state index is 2.51. The van der Waals surface area contributed by atoms with E-state index in [9.17, 15) is 0 Å². The molecule has 0 bridgehead atoms. The van der Waals surface area contributed by atoms with Crippen LogP contribution >= 0.6 is 0 Å². The zero-order valence-electron chi connectivity index (χ0n) is 29.8. The molecule has 0 radical (unpaired) electrons. The molecule has 11 rings (SSSR count). The third kappa shape index (κ3) is 4.30. The minimum absolute atomic E-state index is 0.103. The summed E-state index contributed by atoms with van der Waals surface area (Å²) < 4.78 is 0. The van der Waals surface area contributed by atoms with Gasteiger partial charge in [0.15, 0.2) is 0 Å². The Hall–Kier alpha value is -6.50. The van der Waals surface area contributed by atoms with Crippen molar-refractivity contribution in [3.63, 3.8) is 0 Å². The van der Waals surface area contributed by atoms with Crippen molar-refractivity contribution in [1.29, 1.82) is 0 Å². The largest absolute Gasteiger partial charge is 0.0619 e. The molecular weight excluding hydrogens is 637 g/mol. The predicted molar refractivity (Wildman–Crippen MR) is 228 cm³/mol. The highest BCUT2D eigenvalue weighted by Crippen LogP contribution is 2.54. The lowest BCUT2D eigenvalue weighted by molar-refractivity contribution is 0.661. The summed E-state index contributed by atoms with van der Waals surface area (Å²) in [6, 6.07) is 68.0. The maximum Gasteiger partial charge on any atom is 0.0159 e. The van der Waals surface area contributed by atoms with Crippen LogP contribution in [0.3, 0.4) is 0 Å². The van der Waals surface area contributed by atoms with Crippen LogP contribution in [0.1, 0.15) is 25.0 Å². The Morgan fingerprint density at radius 1 is 0.283 bits per heavy atom. The van der Waals surface area contributed by atoms with Gasteiger partial charge >= 0.3 is 0 Å². The van der Waals surface area contributed by atoms with E-state index in [2.05, 4.69) is 196 Å². The van der Waals surface area contributed by atoms with Gasteiger partial charge in [-0.1, -0.05) is 178 Å². The second-order valence-electron chi connectivity index (χ2n) is 15.2. The number of hydrogen-bond donors (Lipinski definition) is 0. The van der Waals surface area contributed by atoms with Gasteiger partial charge in [-0.2, -0.15) is 0 Å². The van der Waals surface area contributed by atoms with Crippen molar-refractivity contribution in [2.24, 2.45) is 0 Å². The Morgan fingerprint density at radius 2 is 0.736 bits per heavy atom. The molecule has 10 aromatic rings. The van der Waals surface area contributed by atoms with E-state index in [-0.39, 0.29) is 5.41 Å². The van der Waals surface area contributed by atoms with Crippen LogP contribution in [0.4, 0.5) is 0 Å². The van der Waals surface area contributed by atoms with Crippen LogP contribution in [0.25, 0.3) is 98.4 Å². The Labute approximate surface area is 309 Å². The van der Waals surface area contributed by atoms with Gasteiger partial charge in [-0.15, -0.1) is 0 Å². The van der Waals surface area contributed by atoms with Crippen molar-refractivity contribution in [3.05, 3.63) is 193 Å². The predicted octanol–water partition coefficient (Wildman–Crippen LogP) is 14.8. The number of benzene rings is 10. The molecule has 0 nitrogen and oxygen atoms in total. The molecule has 53 heavy (non-hydrogen) atoms. The highest BCUT2D eigenvalue weighted by atomic mass is 14.4. The first-order valence-corrected chi connectivity index (χ1v) is 18.7. The third-order valence-electron chi connectivity index (χ3n) is 12.0. The van der Waals surface area contributed by atoms with Gasteiger partial charge < -0.3 is 0 Å². The van der Waals surface area contributed by atoms with Gasteiger partial charge in [-0.25, -0.2) is 0 Å². The molecule has 1 aliphatic rings. The first-order valence-electron chi connectivity index (χ1n) is 18.7. The number of fused-ring (bicyclic) bond motifs is 9. The molecule has 0 aromatic heterocycles. The van der Waals surface area contributed by atoms with E-state index in [0.29, 0.717) is 0 Å². The van der Waals surface area contributed by atoms with Gasteiger partial charge in [0.25, 0.3) is 0 Å². The lowest BCUT2D eigenvalue weighted by atomic mass is 9.79. The molecule has 248 valence electrons. The van der Waals surface area contributed by atoms with E-state index in [1.165, 1.54) is 109 Å². The van der Waals surface area contributed by atoms with Crippen molar-refractivity contribution < 1.29 is 0 Å². The summed E-state index contributed by atoms with van der Waals surface area (Å²) in [5, 5.41) is 12.8. The summed E-state index contributed by atoms with van der Waals surface area (Å²) in [5.41, 5.74) is 13.1. The van der Waals surface area contributed by atoms with Crippen LogP contribution < -0.4 is 0 Å². The average Bonchev–Trinajstić information content (AvgIpc) is 3.45. The van der Waals surface area contributed by atoms with E-state index in [1.807, 2.05) is 0 Å². The van der Waals surface area contributed by atoms with Crippen LogP contribution in [-0.4, -0.2) is 0 Å². The van der Waals surface area contributed by atoms with E-state index in [0.717, 1.165) is 0 Å². The fourth-order valence-corrected chi connectivity index (χ4v) is 9.61. The first kappa shape index (κ1) is 30.2. The standard InChI is InChI=1S/C53H36/c1-53(2)48-29-14-13-27-45(48)52-40-22-8-7-21-38(40)46(32-49(52)53)35-30-34-17-4-6-20-37(34)47(31-35)51-43-25-11-9-23-41(43)50(42-24-10-12-26-44(42)51)39-28-15-18-33-16-3-5-19-36(33)39/h3-32H,1-2H3. The first-order chi connectivity index (χ1) is 26.1. The van der Waals surface area contributed by atoms with Crippen LogP contribution in [0.2, 0.25) is 0 Å². The van der Waals surface area contributed by atoms with Gasteiger partial charge in [0.05, 0.1) is 0 Å². The second-order valence-corrected chi connectivity index (χ2v) is 15.2. The van der Waals surface area contributed by atoms with Crippen molar-refractivity contribution >= 4 is 53.9 Å². The fourth-order valence-electron chi connectivity index (χ4n) is 9.61. The minimum Gasteiger partial charge on any atom is -0.0619 e. The van der Waals surface area contributed by atoms with E-state index in [1.54, 1.807) is 0 Å². The Morgan fingerprint density at radius 3 is 1.40 bits per heavy atom. The lowest BCUT2D eigenvalue weighted by Gasteiger charge is -2.23. The molecule has 0 spiro atoms. The van der Waals surface area contributed by atoms with Crippen LogP contribution in [-0.2, 0) is 5.41 Å². The van der Waals surface area contributed by atoms with Crippen molar-refractivity contribution in [2.75, 3.05) is 0 Å². The van der Waals surface area contributed by atoms with Crippen LogP contribution in [0, 0.1) is 0 Å². The fraction of sp³-hybridized carbons (Fsp3) is 0.0566. The highest BCUT2D eigenvalue weighted by molar-refractivity contribution is 6.25. The normalized spacial score (nSPS) is 13.2. The average molecular weight is 673 g/mol. The third-order valence-corrected chi connectivity index (χ3v) is 12.0. The van der Waals surface area contributed by atoms with Crippen molar-refractivity contribution in [2.45, 2.75) is 19.3 Å². The summed E-state index contributed by atoms with van der Waals surface area (Å²) in [5.74, 6) is 0. The molecular formula is C53H36. The topological polar surface area (TPSA) is 0 Å². The second kappa shape index (κ2) is 11.2. The molecule has 0 saturated carbocycles. The summed E-state index contributed by atoms with van der Waals surface area (Å²) in [6.45, 7) is 4.77. The lowest BCUT2D eigenvalue weighted by Crippen LogP contribution is -2.15. The molecule has 0 atom stereocenters. The molecule has 0 amide bonds. The molecule has 10 aromatic carbocycles. The van der Waals surface area contributed by atoms with Crippen LogP contribution in [0.5, 0.6) is 0 Å². The Bertz CT molecular complexity index is 3080. The zero-order valence-corrected chi connectivity index (χ0v) is 29.8. The van der Waals surface area contributed by atoms with E-state index >= 15 is 0 Å². The highest BCUT2D eigenvalue weighted by Gasteiger charge is 2.37. The van der Waals surface area contributed by atoms with E-state index in [4.69, 9.17) is 0 Å². The number of rotatable bonds is 3. The summed E-state index contributed by atoms with van der Waals surface area (Å²) >= 11 is 0. The molecule has 0 N–H and O–H groups in total. The Kier molecular flexibility index (Phi) is 6.40. The summed E-state index contributed by atoms with van der Waals surface area (Å²) in [7, 11) is 0. The summed E-state index contributed by atoms with van der Waals surface area (Å²) in [6.07, 6.45) is 0. The molecule has 0 aliphatic heterocycles. The van der Waals surface area contributed by atoms with E-state index < -0.39 is 0 Å². The molecule has 0 unspecified atom stereocenters. The molecule has 1 aliphatic carbocycles. The zero-order chi connectivity index (χ0) is 35.3. The maximum absolute atomic E-state index is 2.51. The smallest absolute Gasteiger partial charge is 0.0159 e. The van der Waals surface area contributed by atoms with Gasteiger partial charge in [-0.05, 0) is 128 Å². The summed E-state index contributed by atoms with van der Waals surface area (Å²) in [4.78, 5) is 0. The minimum atomic E-state index is -0.103. The monoisotopic (exact) mass is 672 g/mol. The molecule has 0 heterocycles. The van der Waals surface area contributed by atoms with Gasteiger partial charge in [-0.3, -0.25) is 0 Å². The number of hydrogen-bond acceptors (Lipinski definition) is 0. The van der Waals surface area contributed by atoms with Crippen LogP contribution in [0.15, 0.2) is 182 Å². The quantitative estimate of drug-likeness (QED) is 0.164. The van der Waals surface area contributed by atoms with Gasteiger partial charge in [0.1, 0.15) is 0 Å². The Balaban J connectivity index is 1.25. The van der Waals surface area contributed by atoms with Gasteiger partial charge in [0.2, 0.25) is 0 Å². The van der Waals surface area contributed by atoms with Crippen molar-refractivity contribution in [3.8, 4) is 44.5 Å².